The zero-order chi connectivity index (χ0) is 14.4. The van der Waals surface area contributed by atoms with Crippen LogP contribution < -0.4 is 11.1 Å². The molecule has 0 heterocycles. The first-order chi connectivity index (χ1) is 9.65. The second-order valence-corrected chi connectivity index (χ2v) is 5.21. The van der Waals surface area contributed by atoms with E-state index in [4.69, 9.17) is 10.5 Å². The molecule has 0 aliphatic heterocycles. The first kappa shape index (κ1) is 14.9. The van der Waals surface area contributed by atoms with Crippen molar-refractivity contribution < 1.29 is 13.9 Å². The Balaban J connectivity index is 1.78. The van der Waals surface area contributed by atoms with Crippen molar-refractivity contribution >= 4 is 11.6 Å². The van der Waals surface area contributed by atoms with E-state index in [1.165, 1.54) is 30.7 Å². The zero-order valence-electron chi connectivity index (χ0n) is 11.5. The summed E-state index contributed by atoms with van der Waals surface area (Å²) in [4.78, 5) is 11.8. The van der Waals surface area contributed by atoms with Gasteiger partial charge in [0.1, 0.15) is 12.4 Å². The van der Waals surface area contributed by atoms with Crippen LogP contribution in [-0.4, -0.2) is 24.7 Å². The molecule has 2 atom stereocenters. The molecule has 110 valence electrons. The van der Waals surface area contributed by atoms with Gasteiger partial charge in [0.2, 0.25) is 5.91 Å². The molecule has 1 aliphatic carbocycles. The van der Waals surface area contributed by atoms with E-state index in [0.717, 1.165) is 25.7 Å². The van der Waals surface area contributed by atoms with Crippen LogP contribution in [-0.2, 0) is 9.53 Å². The molecule has 3 N–H and O–H groups in total. The van der Waals surface area contributed by atoms with Crippen molar-refractivity contribution in [2.45, 2.75) is 44.2 Å². The molecule has 0 aromatic heterocycles. The van der Waals surface area contributed by atoms with Gasteiger partial charge >= 0.3 is 0 Å². The molecule has 1 aromatic rings. The fourth-order valence-electron chi connectivity index (χ4n) is 2.42. The molecule has 0 spiro atoms. The summed E-state index contributed by atoms with van der Waals surface area (Å²) < 4.78 is 18.4. The average Bonchev–Trinajstić information content (AvgIpc) is 2.64. The van der Waals surface area contributed by atoms with Crippen LogP contribution in [0, 0.1) is 5.82 Å². The van der Waals surface area contributed by atoms with E-state index in [0.29, 0.717) is 5.69 Å². The third-order valence-electron chi connectivity index (χ3n) is 3.56. The highest BCUT2D eigenvalue weighted by atomic mass is 19.1. The van der Waals surface area contributed by atoms with Crippen LogP contribution in [0.15, 0.2) is 24.3 Å². The van der Waals surface area contributed by atoms with E-state index in [1.807, 2.05) is 0 Å². The summed E-state index contributed by atoms with van der Waals surface area (Å²) in [6.07, 6.45) is 5.21. The smallest absolute Gasteiger partial charge is 0.250 e. The summed E-state index contributed by atoms with van der Waals surface area (Å²) in [6.45, 7) is -0.0181. The first-order valence-corrected chi connectivity index (χ1v) is 7.08. The van der Waals surface area contributed by atoms with Crippen molar-refractivity contribution in [3.63, 3.8) is 0 Å². The van der Waals surface area contributed by atoms with Gasteiger partial charge in [-0.15, -0.1) is 0 Å². The predicted octanol–water partition coefficient (Wildman–Crippen LogP) is 2.44. The lowest BCUT2D eigenvalue weighted by atomic mass is 10.1. The number of nitrogens with two attached hydrogens (primary N) is 1. The minimum Gasteiger partial charge on any atom is -0.367 e. The zero-order valence-corrected chi connectivity index (χ0v) is 11.5. The maximum atomic E-state index is 12.7. The Morgan fingerprint density at radius 2 is 1.95 bits per heavy atom. The molecule has 0 radical (unpaired) electrons. The molecule has 1 saturated carbocycles. The number of amides is 1. The van der Waals surface area contributed by atoms with Gasteiger partial charge in [0.25, 0.3) is 0 Å². The Hall–Kier alpha value is -1.46. The minimum atomic E-state index is -0.330. The van der Waals surface area contributed by atoms with Gasteiger partial charge in [-0.3, -0.25) is 4.79 Å². The summed E-state index contributed by atoms with van der Waals surface area (Å²) in [6, 6.07) is 5.65. The van der Waals surface area contributed by atoms with Crippen LogP contribution in [0.5, 0.6) is 0 Å². The third kappa shape index (κ3) is 4.58. The highest BCUT2D eigenvalue weighted by molar-refractivity contribution is 5.91. The SMILES string of the molecule is NC1CCCCCC1OCC(=O)Nc1ccc(F)cc1. The van der Waals surface area contributed by atoms with Crippen LogP contribution >= 0.6 is 0 Å². The predicted molar refractivity (Wildman–Crippen MR) is 75.8 cm³/mol. The molecule has 0 bridgehead atoms. The Kier molecular flexibility index (Phi) is 5.49. The van der Waals surface area contributed by atoms with Crippen molar-refractivity contribution in [2.24, 2.45) is 5.73 Å². The van der Waals surface area contributed by atoms with Crippen molar-refractivity contribution in [3.8, 4) is 0 Å². The quantitative estimate of drug-likeness (QED) is 0.833. The van der Waals surface area contributed by atoms with Gasteiger partial charge in [0.15, 0.2) is 0 Å². The summed E-state index contributed by atoms with van der Waals surface area (Å²) in [5.41, 5.74) is 6.60. The number of carbonyl (C=O) groups is 1. The lowest BCUT2D eigenvalue weighted by molar-refractivity contribution is -0.123. The largest absolute Gasteiger partial charge is 0.367 e. The maximum absolute atomic E-state index is 12.7. The number of benzene rings is 1. The van der Waals surface area contributed by atoms with Crippen LogP contribution in [0.25, 0.3) is 0 Å². The maximum Gasteiger partial charge on any atom is 0.250 e. The molecule has 1 amide bonds. The highest BCUT2D eigenvalue weighted by Gasteiger charge is 2.21. The van der Waals surface area contributed by atoms with E-state index in [-0.39, 0.29) is 30.5 Å². The molecule has 0 saturated heterocycles. The number of halogens is 1. The summed E-state index contributed by atoms with van der Waals surface area (Å²) >= 11 is 0. The molecule has 2 unspecified atom stereocenters. The molecular weight excluding hydrogens is 259 g/mol. The second kappa shape index (κ2) is 7.36. The molecular formula is C15H21FN2O2. The molecule has 5 heteroatoms. The topological polar surface area (TPSA) is 64.3 Å². The van der Waals surface area contributed by atoms with Crippen molar-refractivity contribution in [1.82, 2.24) is 0 Å². The van der Waals surface area contributed by atoms with Gasteiger partial charge in [-0.25, -0.2) is 4.39 Å². The fourth-order valence-corrected chi connectivity index (χ4v) is 2.42. The first-order valence-electron chi connectivity index (χ1n) is 7.08. The van der Waals surface area contributed by atoms with Crippen molar-refractivity contribution in [3.05, 3.63) is 30.1 Å². The standard InChI is InChI=1S/C15H21FN2O2/c16-11-6-8-12(9-7-11)18-15(19)10-20-14-5-3-1-2-4-13(14)17/h6-9,13-14H,1-5,10,17H2,(H,18,19). The molecule has 4 nitrogen and oxygen atoms in total. The van der Waals surface area contributed by atoms with Crippen LogP contribution in [0.2, 0.25) is 0 Å². The summed E-state index contributed by atoms with van der Waals surface area (Å²) in [5, 5.41) is 2.67. The van der Waals surface area contributed by atoms with Crippen LogP contribution in [0.1, 0.15) is 32.1 Å². The normalized spacial score (nSPS) is 23.1. The third-order valence-corrected chi connectivity index (χ3v) is 3.56. The lowest BCUT2D eigenvalue weighted by Gasteiger charge is -2.21. The summed E-state index contributed by atoms with van der Waals surface area (Å²) in [7, 11) is 0. The molecule has 20 heavy (non-hydrogen) atoms. The van der Waals surface area contributed by atoms with Crippen molar-refractivity contribution in [2.75, 3.05) is 11.9 Å². The number of hydrogen-bond donors (Lipinski definition) is 2. The Labute approximate surface area is 118 Å². The van der Waals surface area contributed by atoms with Gasteiger partial charge in [0.05, 0.1) is 6.10 Å². The van der Waals surface area contributed by atoms with E-state index < -0.39 is 0 Å². The summed E-state index contributed by atoms with van der Waals surface area (Å²) in [5.74, 6) is -0.572. The van der Waals surface area contributed by atoms with Gasteiger partial charge in [-0.1, -0.05) is 19.3 Å². The number of hydrogen-bond acceptors (Lipinski definition) is 3. The Morgan fingerprint density at radius 3 is 2.70 bits per heavy atom. The minimum absolute atomic E-state index is 0.0103. The van der Waals surface area contributed by atoms with Crippen LogP contribution in [0.3, 0.4) is 0 Å². The number of nitrogens with one attached hydrogen (secondary N) is 1. The number of rotatable bonds is 4. The van der Waals surface area contributed by atoms with E-state index in [1.54, 1.807) is 0 Å². The molecule has 1 aliphatic rings. The molecule has 1 fully saturated rings. The Morgan fingerprint density at radius 1 is 1.25 bits per heavy atom. The number of ether oxygens (including phenoxy) is 1. The van der Waals surface area contributed by atoms with E-state index in [2.05, 4.69) is 5.32 Å². The molecule has 1 aromatic carbocycles. The average molecular weight is 280 g/mol. The van der Waals surface area contributed by atoms with Crippen molar-refractivity contribution in [1.29, 1.82) is 0 Å². The van der Waals surface area contributed by atoms with Gasteiger partial charge in [-0.05, 0) is 37.1 Å². The van der Waals surface area contributed by atoms with E-state index in [9.17, 15) is 9.18 Å². The number of anilines is 1. The molecule has 2 rings (SSSR count). The fraction of sp³-hybridized carbons (Fsp3) is 0.533. The van der Waals surface area contributed by atoms with Gasteiger partial charge in [0, 0.05) is 11.7 Å². The van der Waals surface area contributed by atoms with Gasteiger partial charge in [-0.2, -0.15) is 0 Å². The van der Waals surface area contributed by atoms with Gasteiger partial charge < -0.3 is 15.8 Å². The number of carbonyl (C=O) groups excluding carboxylic acids is 1. The lowest BCUT2D eigenvalue weighted by Crippen LogP contribution is -2.37. The second-order valence-electron chi connectivity index (χ2n) is 5.21. The Bertz CT molecular complexity index is 436. The monoisotopic (exact) mass is 280 g/mol. The highest BCUT2D eigenvalue weighted by Crippen LogP contribution is 2.19. The van der Waals surface area contributed by atoms with E-state index >= 15 is 0 Å². The van der Waals surface area contributed by atoms with Crippen LogP contribution in [0.4, 0.5) is 10.1 Å².